The van der Waals surface area contributed by atoms with Crippen molar-refractivity contribution in [3.05, 3.63) is 42.1 Å². The number of carbonyl (C=O) groups excluding carboxylic acids is 1. The molecular weight excluding hydrogens is 344 g/mol. The van der Waals surface area contributed by atoms with Crippen LogP contribution in [0.15, 0.2) is 34.9 Å². The fourth-order valence-corrected chi connectivity index (χ4v) is 4.26. The third kappa shape index (κ3) is 4.10. The summed E-state index contributed by atoms with van der Waals surface area (Å²) in [6, 6.07) is 7.34. The first-order valence-corrected chi connectivity index (χ1v) is 9.73. The van der Waals surface area contributed by atoms with Crippen LogP contribution < -0.4 is 9.47 Å². The summed E-state index contributed by atoms with van der Waals surface area (Å²) in [7, 11) is 1.61. The van der Waals surface area contributed by atoms with Crippen LogP contribution in [0.5, 0.6) is 11.5 Å². The lowest BCUT2D eigenvalue weighted by atomic mass is 9.75. The molecule has 2 atom stereocenters. The van der Waals surface area contributed by atoms with Gasteiger partial charge in [0.2, 0.25) is 5.89 Å². The van der Waals surface area contributed by atoms with Gasteiger partial charge in [0.05, 0.1) is 7.11 Å². The number of rotatable bonds is 5. The van der Waals surface area contributed by atoms with E-state index in [4.69, 9.17) is 13.9 Å². The first kappa shape index (κ1) is 17.9. The Hall–Kier alpha value is -2.50. The fourth-order valence-electron chi connectivity index (χ4n) is 4.26. The maximum atomic E-state index is 12.8. The van der Waals surface area contributed by atoms with E-state index in [1.54, 1.807) is 13.2 Å². The number of amides is 1. The van der Waals surface area contributed by atoms with Gasteiger partial charge in [-0.05, 0) is 36.8 Å². The number of piperidine rings is 1. The second-order valence-corrected chi connectivity index (χ2v) is 7.44. The number of hydrogen-bond acceptors (Lipinski definition) is 5. The minimum absolute atomic E-state index is 0.0320. The van der Waals surface area contributed by atoms with Crippen LogP contribution in [0, 0.1) is 11.8 Å². The topological polar surface area (TPSA) is 64.8 Å². The van der Waals surface area contributed by atoms with E-state index in [1.165, 1.54) is 31.9 Å². The zero-order chi connectivity index (χ0) is 18.6. The van der Waals surface area contributed by atoms with Crippen LogP contribution in [0.2, 0.25) is 0 Å². The van der Waals surface area contributed by atoms with Gasteiger partial charge in [0.25, 0.3) is 5.91 Å². The molecule has 6 nitrogen and oxygen atoms in total. The molecule has 2 aromatic rings. The number of oxazole rings is 1. The number of benzene rings is 1. The molecule has 0 bridgehead atoms. The molecule has 4 rings (SSSR count). The Kier molecular flexibility index (Phi) is 5.32. The molecule has 0 radical (unpaired) electrons. The summed E-state index contributed by atoms with van der Waals surface area (Å²) in [6.45, 7) is 1.85. The normalized spacial score (nSPS) is 22.2. The molecule has 0 spiro atoms. The van der Waals surface area contributed by atoms with Gasteiger partial charge in [-0.25, -0.2) is 4.98 Å². The van der Waals surface area contributed by atoms with Crippen LogP contribution >= 0.6 is 0 Å². The average molecular weight is 370 g/mol. The minimum atomic E-state index is -0.0320. The number of fused-ring (bicyclic) bond motifs is 1. The number of likely N-dealkylation sites (tertiary alicyclic amines) is 1. The smallest absolute Gasteiger partial charge is 0.275 e. The van der Waals surface area contributed by atoms with Crippen molar-refractivity contribution < 1.29 is 18.7 Å². The van der Waals surface area contributed by atoms with Crippen molar-refractivity contribution in [2.24, 2.45) is 11.8 Å². The molecule has 1 aromatic heterocycles. The highest BCUT2D eigenvalue weighted by Crippen LogP contribution is 2.36. The Bertz CT molecular complexity index is 788. The van der Waals surface area contributed by atoms with Gasteiger partial charge < -0.3 is 18.8 Å². The van der Waals surface area contributed by atoms with E-state index in [2.05, 4.69) is 4.98 Å². The highest BCUT2D eigenvalue weighted by atomic mass is 16.5. The molecule has 144 valence electrons. The maximum Gasteiger partial charge on any atom is 0.275 e. The second kappa shape index (κ2) is 8.03. The fraction of sp³-hybridized carbons (Fsp3) is 0.524. The van der Waals surface area contributed by atoms with E-state index in [0.717, 1.165) is 31.2 Å². The molecule has 2 fully saturated rings. The van der Waals surface area contributed by atoms with Crippen LogP contribution in [-0.2, 0) is 6.61 Å². The summed E-state index contributed by atoms with van der Waals surface area (Å²) in [5, 5.41) is 0. The van der Waals surface area contributed by atoms with E-state index >= 15 is 0 Å². The van der Waals surface area contributed by atoms with Gasteiger partial charge in [0.15, 0.2) is 12.3 Å². The van der Waals surface area contributed by atoms with Crippen LogP contribution in [0.1, 0.15) is 48.5 Å². The predicted octanol–water partition coefficient (Wildman–Crippen LogP) is 3.91. The van der Waals surface area contributed by atoms with E-state index in [-0.39, 0.29) is 12.5 Å². The minimum Gasteiger partial charge on any atom is -0.497 e. The molecule has 2 heterocycles. The van der Waals surface area contributed by atoms with Gasteiger partial charge in [-0.15, -0.1) is 0 Å². The molecular formula is C21H26N2O4. The standard InChI is InChI=1S/C21H26N2O4/c1-25-17-7-4-8-18(11-17)26-14-20-22-19(13-27-20)21(24)23-10-9-15-5-2-3-6-16(15)12-23/h4,7-8,11,13,15-16H,2-3,5-6,9-10,12,14H2,1H3/t15-,16-/m0/s1. The zero-order valence-electron chi connectivity index (χ0n) is 15.7. The lowest BCUT2D eigenvalue weighted by molar-refractivity contribution is 0.0515. The van der Waals surface area contributed by atoms with Gasteiger partial charge in [0.1, 0.15) is 17.8 Å². The van der Waals surface area contributed by atoms with Crippen LogP contribution in [0.3, 0.4) is 0 Å². The lowest BCUT2D eigenvalue weighted by Crippen LogP contribution is -2.44. The Balaban J connectivity index is 1.35. The molecule has 6 heteroatoms. The maximum absolute atomic E-state index is 12.8. The quantitative estimate of drug-likeness (QED) is 0.798. The van der Waals surface area contributed by atoms with Crippen molar-refractivity contribution in [2.45, 2.75) is 38.7 Å². The predicted molar refractivity (Wildman–Crippen MR) is 99.8 cm³/mol. The molecule has 27 heavy (non-hydrogen) atoms. The van der Waals surface area contributed by atoms with E-state index in [1.807, 2.05) is 23.1 Å². The van der Waals surface area contributed by atoms with E-state index in [0.29, 0.717) is 23.3 Å². The molecule has 0 N–H and O–H groups in total. The van der Waals surface area contributed by atoms with Crippen molar-refractivity contribution in [1.82, 2.24) is 9.88 Å². The van der Waals surface area contributed by atoms with Crippen LogP contribution in [0.4, 0.5) is 0 Å². The second-order valence-electron chi connectivity index (χ2n) is 7.44. The van der Waals surface area contributed by atoms with Gasteiger partial charge >= 0.3 is 0 Å². The number of nitrogens with zero attached hydrogens (tertiary/aromatic N) is 2. The third-order valence-corrected chi connectivity index (χ3v) is 5.75. The van der Waals surface area contributed by atoms with E-state index in [9.17, 15) is 4.79 Å². The first-order valence-electron chi connectivity index (χ1n) is 9.73. The average Bonchev–Trinajstić information content (AvgIpc) is 3.20. The van der Waals surface area contributed by atoms with Crippen molar-refractivity contribution in [1.29, 1.82) is 0 Å². The highest BCUT2D eigenvalue weighted by Gasteiger charge is 2.33. The summed E-state index contributed by atoms with van der Waals surface area (Å²) < 4.78 is 16.3. The van der Waals surface area contributed by atoms with Crippen molar-refractivity contribution in [3.63, 3.8) is 0 Å². The van der Waals surface area contributed by atoms with Crippen molar-refractivity contribution in [2.75, 3.05) is 20.2 Å². The molecule has 0 unspecified atom stereocenters. The zero-order valence-corrected chi connectivity index (χ0v) is 15.7. The third-order valence-electron chi connectivity index (χ3n) is 5.75. The molecule has 1 aromatic carbocycles. The van der Waals surface area contributed by atoms with Crippen LogP contribution in [-0.4, -0.2) is 36.0 Å². The van der Waals surface area contributed by atoms with Gasteiger partial charge in [0, 0.05) is 19.2 Å². The summed E-state index contributed by atoms with van der Waals surface area (Å²) in [4.78, 5) is 19.1. The monoisotopic (exact) mass is 370 g/mol. The van der Waals surface area contributed by atoms with Gasteiger partial charge in [-0.2, -0.15) is 0 Å². The summed E-state index contributed by atoms with van der Waals surface area (Å²) in [6.07, 6.45) is 7.75. The Morgan fingerprint density at radius 3 is 2.89 bits per heavy atom. The molecule has 2 aliphatic rings. The van der Waals surface area contributed by atoms with Gasteiger partial charge in [-0.1, -0.05) is 25.3 Å². The van der Waals surface area contributed by atoms with Crippen molar-refractivity contribution >= 4 is 5.91 Å². The Morgan fingerprint density at radius 2 is 2.04 bits per heavy atom. The number of methoxy groups -OCH3 is 1. The van der Waals surface area contributed by atoms with Crippen LogP contribution in [0.25, 0.3) is 0 Å². The summed E-state index contributed by atoms with van der Waals surface area (Å²) in [5.74, 6) is 3.21. The van der Waals surface area contributed by atoms with E-state index < -0.39 is 0 Å². The van der Waals surface area contributed by atoms with Crippen molar-refractivity contribution in [3.8, 4) is 11.5 Å². The Morgan fingerprint density at radius 1 is 1.22 bits per heavy atom. The summed E-state index contributed by atoms with van der Waals surface area (Å²) in [5.41, 5.74) is 0.369. The Labute approximate surface area is 159 Å². The SMILES string of the molecule is COc1cccc(OCc2nc(C(=O)N3CC[C@@H]4CCCC[C@H]4C3)co2)c1. The number of aromatic nitrogens is 1. The molecule has 1 amide bonds. The molecule has 1 saturated heterocycles. The highest BCUT2D eigenvalue weighted by molar-refractivity contribution is 5.92. The lowest BCUT2D eigenvalue weighted by Gasteiger charge is -2.41. The first-order chi connectivity index (χ1) is 13.2. The number of carbonyl (C=O) groups is 1. The summed E-state index contributed by atoms with van der Waals surface area (Å²) >= 11 is 0. The molecule has 1 aliphatic carbocycles. The number of hydrogen-bond donors (Lipinski definition) is 0. The number of ether oxygens (including phenoxy) is 2. The molecule has 1 saturated carbocycles. The van der Waals surface area contributed by atoms with Gasteiger partial charge in [-0.3, -0.25) is 4.79 Å². The molecule has 1 aliphatic heterocycles. The largest absolute Gasteiger partial charge is 0.497 e.